The minimum Gasteiger partial charge on any atom is -0.379 e. The number of hydrogen-bond donors (Lipinski definition) is 0. The van der Waals surface area contributed by atoms with Gasteiger partial charge in [0, 0.05) is 19.5 Å². The van der Waals surface area contributed by atoms with Gasteiger partial charge in [-0.3, -0.25) is 4.90 Å². The molecule has 0 radical (unpaired) electrons. The second-order valence-electron chi connectivity index (χ2n) is 6.50. The van der Waals surface area contributed by atoms with Crippen molar-refractivity contribution in [3.63, 3.8) is 0 Å². The summed E-state index contributed by atoms with van der Waals surface area (Å²) in [7, 11) is 0. The maximum Gasteiger partial charge on any atom is 0.131 e. The normalized spacial score (nSPS) is 23.1. The molecule has 0 amide bonds. The van der Waals surface area contributed by atoms with Crippen molar-refractivity contribution in [2.24, 2.45) is 10.3 Å². The van der Waals surface area contributed by atoms with Gasteiger partial charge in [0.15, 0.2) is 0 Å². The standard InChI is InChI=1S/C20H21N5O/c21-15-17-8-4-5-9-19(17)25-20(24-10-12-26-13-11-24)18(22-23-25)14-16-6-2-1-3-7-16/h1-9,18,20H,10-14H2. The Hall–Kier alpha value is -2.75. The second-order valence-corrected chi connectivity index (χ2v) is 6.50. The van der Waals surface area contributed by atoms with E-state index in [0.29, 0.717) is 18.8 Å². The summed E-state index contributed by atoms with van der Waals surface area (Å²) < 4.78 is 5.52. The van der Waals surface area contributed by atoms with E-state index in [1.807, 2.05) is 47.5 Å². The van der Waals surface area contributed by atoms with Crippen LogP contribution < -0.4 is 5.01 Å². The Labute approximate surface area is 153 Å². The Morgan fingerprint density at radius 3 is 2.54 bits per heavy atom. The van der Waals surface area contributed by atoms with Crippen molar-refractivity contribution in [2.75, 3.05) is 31.3 Å². The van der Waals surface area contributed by atoms with Gasteiger partial charge in [-0.25, -0.2) is 5.01 Å². The molecule has 6 heteroatoms. The molecule has 26 heavy (non-hydrogen) atoms. The fourth-order valence-electron chi connectivity index (χ4n) is 3.60. The molecule has 1 fully saturated rings. The minimum atomic E-state index is -0.00592. The SMILES string of the molecule is N#Cc1ccccc1N1N=NC(Cc2ccccc2)C1N1CCOCC1. The molecule has 0 bridgehead atoms. The molecule has 2 aromatic carbocycles. The van der Waals surface area contributed by atoms with Crippen LogP contribution in [-0.2, 0) is 11.2 Å². The Morgan fingerprint density at radius 1 is 1.04 bits per heavy atom. The zero-order chi connectivity index (χ0) is 17.8. The highest BCUT2D eigenvalue weighted by Gasteiger charge is 2.39. The lowest BCUT2D eigenvalue weighted by Crippen LogP contribution is -2.54. The predicted molar refractivity (Wildman–Crippen MR) is 98.6 cm³/mol. The first-order chi connectivity index (χ1) is 12.9. The van der Waals surface area contributed by atoms with Crippen LogP contribution in [0.25, 0.3) is 0 Å². The molecule has 2 aliphatic rings. The maximum absolute atomic E-state index is 9.49. The van der Waals surface area contributed by atoms with E-state index in [2.05, 4.69) is 33.4 Å². The zero-order valence-electron chi connectivity index (χ0n) is 14.5. The van der Waals surface area contributed by atoms with Crippen molar-refractivity contribution < 1.29 is 4.74 Å². The lowest BCUT2D eigenvalue weighted by molar-refractivity contribution is 0.0142. The summed E-state index contributed by atoms with van der Waals surface area (Å²) >= 11 is 0. The van der Waals surface area contributed by atoms with E-state index in [1.165, 1.54) is 5.56 Å². The van der Waals surface area contributed by atoms with E-state index in [-0.39, 0.29) is 12.2 Å². The van der Waals surface area contributed by atoms with Gasteiger partial charge in [-0.2, -0.15) is 10.4 Å². The molecule has 132 valence electrons. The number of rotatable bonds is 4. The maximum atomic E-state index is 9.49. The van der Waals surface area contributed by atoms with E-state index >= 15 is 0 Å². The molecular weight excluding hydrogens is 326 g/mol. The summed E-state index contributed by atoms with van der Waals surface area (Å²) in [6.45, 7) is 3.10. The van der Waals surface area contributed by atoms with Crippen LogP contribution in [-0.4, -0.2) is 43.4 Å². The number of morpholine rings is 1. The number of para-hydroxylation sites is 1. The summed E-state index contributed by atoms with van der Waals surface area (Å²) in [5.41, 5.74) is 2.67. The lowest BCUT2D eigenvalue weighted by atomic mass is 10.0. The van der Waals surface area contributed by atoms with Gasteiger partial charge in [0.05, 0.1) is 24.5 Å². The highest BCUT2D eigenvalue weighted by molar-refractivity contribution is 5.59. The molecule has 0 spiro atoms. The third-order valence-corrected chi connectivity index (χ3v) is 4.87. The quantitative estimate of drug-likeness (QED) is 0.853. The Balaban J connectivity index is 1.65. The average molecular weight is 347 g/mol. The van der Waals surface area contributed by atoms with Gasteiger partial charge < -0.3 is 4.74 Å². The van der Waals surface area contributed by atoms with Gasteiger partial charge >= 0.3 is 0 Å². The van der Waals surface area contributed by atoms with Crippen LogP contribution in [0.4, 0.5) is 5.69 Å². The lowest BCUT2D eigenvalue weighted by Gasteiger charge is -2.38. The molecule has 2 aliphatic heterocycles. The topological polar surface area (TPSA) is 64.2 Å². The second kappa shape index (κ2) is 7.65. The first-order valence-electron chi connectivity index (χ1n) is 8.91. The molecule has 0 N–H and O–H groups in total. The first-order valence-corrected chi connectivity index (χ1v) is 8.91. The molecule has 0 aliphatic carbocycles. The van der Waals surface area contributed by atoms with Crippen LogP contribution >= 0.6 is 0 Å². The van der Waals surface area contributed by atoms with E-state index in [9.17, 15) is 5.26 Å². The van der Waals surface area contributed by atoms with Crippen molar-refractivity contribution >= 4 is 5.69 Å². The molecular formula is C20H21N5O. The van der Waals surface area contributed by atoms with E-state index in [4.69, 9.17) is 4.74 Å². The van der Waals surface area contributed by atoms with Gasteiger partial charge in [-0.15, -0.1) is 0 Å². The molecule has 0 aromatic heterocycles. The van der Waals surface area contributed by atoms with Crippen molar-refractivity contribution in [1.29, 1.82) is 5.26 Å². The van der Waals surface area contributed by atoms with Crippen molar-refractivity contribution in [1.82, 2.24) is 4.90 Å². The van der Waals surface area contributed by atoms with E-state index in [0.717, 1.165) is 25.2 Å². The molecule has 2 aromatic rings. The van der Waals surface area contributed by atoms with Crippen LogP contribution in [0.15, 0.2) is 64.9 Å². The third kappa shape index (κ3) is 3.32. The number of ether oxygens (including phenoxy) is 1. The number of benzene rings is 2. The monoisotopic (exact) mass is 347 g/mol. The molecule has 2 unspecified atom stereocenters. The number of nitriles is 1. The minimum absolute atomic E-state index is 0.00592. The van der Waals surface area contributed by atoms with E-state index in [1.54, 1.807) is 0 Å². The average Bonchev–Trinajstić information content (AvgIpc) is 3.12. The Bertz CT molecular complexity index is 810. The summed E-state index contributed by atoms with van der Waals surface area (Å²) in [6, 6.07) is 20.2. The molecule has 2 heterocycles. The van der Waals surface area contributed by atoms with Gasteiger partial charge in [0.2, 0.25) is 0 Å². The Morgan fingerprint density at radius 2 is 1.77 bits per heavy atom. The van der Waals surface area contributed by atoms with Gasteiger partial charge in [-0.1, -0.05) is 47.7 Å². The molecule has 6 nitrogen and oxygen atoms in total. The van der Waals surface area contributed by atoms with Crippen LogP contribution in [0, 0.1) is 11.3 Å². The number of nitrogens with zero attached hydrogens (tertiary/aromatic N) is 5. The summed E-state index contributed by atoms with van der Waals surface area (Å²) in [6.07, 6.45) is 0.811. The summed E-state index contributed by atoms with van der Waals surface area (Å²) in [5.74, 6) is 0. The molecule has 0 saturated carbocycles. The van der Waals surface area contributed by atoms with Gasteiger partial charge in [0.1, 0.15) is 18.3 Å². The van der Waals surface area contributed by atoms with Crippen molar-refractivity contribution in [3.8, 4) is 6.07 Å². The zero-order valence-corrected chi connectivity index (χ0v) is 14.5. The molecule has 2 atom stereocenters. The summed E-state index contributed by atoms with van der Waals surface area (Å²) in [4.78, 5) is 2.37. The fraction of sp³-hybridized carbons (Fsp3) is 0.350. The first kappa shape index (κ1) is 16.7. The highest BCUT2D eigenvalue weighted by Crippen LogP contribution is 2.32. The van der Waals surface area contributed by atoms with Crippen molar-refractivity contribution in [3.05, 3.63) is 65.7 Å². The van der Waals surface area contributed by atoms with Crippen LogP contribution in [0.3, 0.4) is 0 Å². The largest absolute Gasteiger partial charge is 0.379 e. The van der Waals surface area contributed by atoms with Crippen LogP contribution in [0.2, 0.25) is 0 Å². The van der Waals surface area contributed by atoms with Gasteiger partial charge in [0.25, 0.3) is 0 Å². The van der Waals surface area contributed by atoms with Crippen LogP contribution in [0.5, 0.6) is 0 Å². The molecule has 4 rings (SSSR count). The van der Waals surface area contributed by atoms with Crippen LogP contribution in [0.1, 0.15) is 11.1 Å². The number of hydrogen-bond acceptors (Lipinski definition) is 6. The summed E-state index contributed by atoms with van der Waals surface area (Å²) in [5, 5.41) is 20.5. The number of anilines is 1. The van der Waals surface area contributed by atoms with E-state index < -0.39 is 0 Å². The van der Waals surface area contributed by atoms with Crippen molar-refractivity contribution in [2.45, 2.75) is 18.6 Å². The smallest absolute Gasteiger partial charge is 0.131 e. The predicted octanol–water partition coefficient (Wildman–Crippen LogP) is 3.02. The molecule has 1 saturated heterocycles. The van der Waals surface area contributed by atoms with Gasteiger partial charge in [-0.05, 0) is 17.7 Å². The highest BCUT2D eigenvalue weighted by atomic mass is 16.5. The Kier molecular flexibility index (Phi) is 4.91. The third-order valence-electron chi connectivity index (χ3n) is 4.87. The fourth-order valence-corrected chi connectivity index (χ4v) is 3.60.